The van der Waals surface area contributed by atoms with Crippen molar-refractivity contribution in [3.63, 3.8) is 0 Å². The Morgan fingerprint density at radius 1 is 1.25 bits per heavy atom. The molecular formula is C11H8BrN3O. The standard InChI is InChI=1S/C11H8BrN3O/c12-9-4-10(7-14-6-9)15-11(16)8-2-1-3-13-5-8/h1-7H,(H,15,16). The van der Waals surface area contributed by atoms with E-state index in [-0.39, 0.29) is 5.91 Å². The molecule has 16 heavy (non-hydrogen) atoms. The van der Waals surface area contributed by atoms with Crippen LogP contribution in [0, 0.1) is 0 Å². The minimum atomic E-state index is -0.201. The van der Waals surface area contributed by atoms with E-state index >= 15 is 0 Å². The summed E-state index contributed by atoms with van der Waals surface area (Å²) in [5.74, 6) is -0.201. The predicted octanol–water partition coefficient (Wildman–Crippen LogP) is 2.49. The molecule has 2 rings (SSSR count). The van der Waals surface area contributed by atoms with E-state index in [0.717, 1.165) is 4.47 Å². The van der Waals surface area contributed by atoms with Crippen molar-refractivity contribution in [2.24, 2.45) is 0 Å². The van der Waals surface area contributed by atoms with Crippen LogP contribution in [-0.2, 0) is 0 Å². The lowest BCUT2D eigenvalue weighted by Gasteiger charge is -2.04. The molecule has 0 saturated heterocycles. The lowest BCUT2D eigenvalue weighted by atomic mass is 10.2. The largest absolute Gasteiger partial charge is 0.321 e. The third-order valence-electron chi connectivity index (χ3n) is 1.89. The number of aromatic nitrogens is 2. The molecule has 0 aromatic carbocycles. The minimum absolute atomic E-state index is 0.201. The van der Waals surface area contributed by atoms with E-state index in [2.05, 4.69) is 31.2 Å². The van der Waals surface area contributed by atoms with Crippen LogP contribution in [0.4, 0.5) is 5.69 Å². The van der Waals surface area contributed by atoms with E-state index in [1.807, 2.05) is 0 Å². The lowest BCUT2D eigenvalue weighted by molar-refractivity contribution is 0.102. The van der Waals surface area contributed by atoms with E-state index in [0.29, 0.717) is 11.3 Å². The fraction of sp³-hybridized carbons (Fsp3) is 0. The van der Waals surface area contributed by atoms with Gasteiger partial charge < -0.3 is 5.32 Å². The van der Waals surface area contributed by atoms with Gasteiger partial charge in [-0.15, -0.1) is 0 Å². The summed E-state index contributed by atoms with van der Waals surface area (Å²) in [7, 11) is 0. The van der Waals surface area contributed by atoms with Gasteiger partial charge in [0.15, 0.2) is 0 Å². The Labute approximate surface area is 101 Å². The van der Waals surface area contributed by atoms with Crippen molar-refractivity contribution in [1.82, 2.24) is 9.97 Å². The molecule has 5 heteroatoms. The van der Waals surface area contributed by atoms with Crippen LogP contribution in [0.2, 0.25) is 0 Å². The first-order valence-electron chi connectivity index (χ1n) is 4.57. The number of hydrogen-bond donors (Lipinski definition) is 1. The van der Waals surface area contributed by atoms with Crippen molar-refractivity contribution in [2.75, 3.05) is 5.32 Å². The van der Waals surface area contributed by atoms with Gasteiger partial charge in [-0.1, -0.05) is 0 Å². The molecule has 80 valence electrons. The smallest absolute Gasteiger partial charge is 0.257 e. The summed E-state index contributed by atoms with van der Waals surface area (Å²) in [5.41, 5.74) is 1.16. The van der Waals surface area contributed by atoms with Gasteiger partial charge in [0.05, 0.1) is 17.4 Å². The van der Waals surface area contributed by atoms with Crippen LogP contribution < -0.4 is 5.32 Å². The van der Waals surface area contributed by atoms with Gasteiger partial charge in [0.25, 0.3) is 5.91 Å². The lowest BCUT2D eigenvalue weighted by Crippen LogP contribution is -2.12. The minimum Gasteiger partial charge on any atom is -0.321 e. The van der Waals surface area contributed by atoms with Crippen molar-refractivity contribution in [3.05, 3.63) is 53.0 Å². The Bertz CT molecular complexity index is 502. The molecule has 0 radical (unpaired) electrons. The van der Waals surface area contributed by atoms with Crippen molar-refractivity contribution >= 4 is 27.5 Å². The van der Waals surface area contributed by atoms with Gasteiger partial charge in [0.1, 0.15) is 0 Å². The molecule has 0 fully saturated rings. The Balaban J connectivity index is 2.14. The van der Waals surface area contributed by atoms with E-state index in [1.165, 1.54) is 6.20 Å². The molecule has 0 bridgehead atoms. The highest BCUT2D eigenvalue weighted by molar-refractivity contribution is 9.10. The van der Waals surface area contributed by atoms with Gasteiger partial charge in [-0.05, 0) is 34.1 Å². The summed E-state index contributed by atoms with van der Waals surface area (Å²) in [6.45, 7) is 0. The second kappa shape index (κ2) is 4.85. The summed E-state index contributed by atoms with van der Waals surface area (Å²) in [5, 5.41) is 2.73. The van der Waals surface area contributed by atoms with Crippen LogP contribution in [0.15, 0.2) is 47.5 Å². The van der Waals surface area contributed by atoms with Crippen LogP contribution in [-0.4, -0.2) is 15.9 Å². The van der Waals surface area contributed by atoms with Crippen LogP contribution in [0.1, 0.15) is 10.4 Å². The topological polar surface area (TPSA) is 54.9 Å². The highest BCUT2D eigenvalue weighted by atomic mass is 79.9. The van der Waals surface area contributed by atoms with Crippen LogP contribution in [0.25, 0.3) is 0 Å². The number of anilines is 1. The Kier molecular flexibility index (Phi) is 3.26. The monoisotopic (exact) mass is 277 g/mol. The van der Waals surface area contributed by atoms with Crippen molar-refractivity contribution in [1.29, 1.82) is 0 Å². The summed E-state index contributed by atoms with van der Waals surface area (Å²) >= 11 is 3.28. The maximum Gasteiger partial charge on any atom is 0.257 e. The quantitative estimate of drug-likeness (QED) is 0.918. The second-order valence-corrected chi connectivity index (χ2v) is 4.00. The molecule has 4 nitrogen and oxygen atoms in total. The predicted molar refractivity (Wildman–Crippen MR) is 64.1 cm³/mol. The number of rotatable bonds is 2. The summed E-state index contributed by atoms with van der Waals surface area (Å²) in [6, 6.07) is 5.20. The SMILES string of the molecule is O=C(Nc1cncc(Br)c1)c1cccnc1. The Morgan fingerprint density at radius 2 is 2.12 bits per heavy atom. The molecule has 0 spiro atoms. The Morgan fingerprint density at radius 3 is 2.81 bits per heavy atom. The molecule has 1 amide bonds. The average molecular weight is 278 g/mol. The molecule has 0 atom stereocenters. The number of halogens is 1. The molecule has 2 aromatic heterocycles. The van der Waals surface area contributed by atoms with Crippen molar-refractivity contribution in [3.8, 4) is 0 Å². The van der Waals surface area contributed by atoms with E-state index in [4.69, 9.17) is 0 Å². The summed E-state index contributed by atoms with van der Waals surface area (Å²) in [4.78, 5) is 19.6. The number of carbonyl (C=O) groups excluding carboxylic acids is 1. The number of nitrogens with one attached hydrogen (secondary N) is 1. The van der Waals surface area contributed by atoms with Crippen LogP contribution in [0.3, 0.4) is 0 Å². The number of carbonyl (C=O) groups is 1. The Hall–Kier alpha value is -1.75. The average Bonchev–Trinajstić information content (AvgIpc) is 2.30. The first-order valence-corrected chi connectivity index (χ1v) is 5.37. The van der Waals surface area contributed by atoms with Gasteiger partial charge in [-0.3, -0.25) is 14.8 Å². The van der Waals surface area contributed by atoms with Crippen molar-refractivity contribution in [2.45, 2.75) is 0 Å². The van der Waals surface area contributed by atoms with Gasteiger partial charge >= 0.3 is 0 Å². The highest BCUT2D eigenvalue weighted by Crippen LogP contribution is 2.14. The number of hydrogen-bond acceptors (Lipinski definition) is 3. The number of nitrogens with zero attached hydrogens (tertiary/aromatic N) is 2. The zero-order valence-corrected chi connectivity index (χ0v) is 9.81. The van der Waals surface area contributed by atoms with Crippen LogP contribution >= 0.6 is 15.9 Å². The van der Waals surface area contributed by atoms with Gasteiger partial charge in [0, 0.05) is 23.1 Å². The highest BCUT2D eigenvalue weighted by Gasteiger charge is 2.05. The van der Waals surface area contributed by atoms with Gasteiger partial charge in [-0.2, -0.15) is 0 Å². The number of pyridine rings is 2. The van der Waals surface area contributed by atoms with E-state index < -0.39 is 0 Å². The third kappa shape index (κ3) is 2.64. The van der Waals surface area contributed by atoms with Crippen molar-refractivity contribution < 1.29 is 4.79 Å². The zero-order chi connectivity index (χ0) is 11.4. The molecule has 0 unspecified atom stereocenters. The van der Waals surface area contributed by atoms with Gasteiger partial charge in [0.2, 0.25) is 0 Å². The van der Waals surface area contributed by atoms with E-state index in [9.17, 15) is 4.79 Å². The zero-order valence-electron chi connectivity index (χ0n) is 8.22. The van der Waals surface area contributed by atoms with E-state index in [1.54, 1.807) is 36.8 Å². The maximum atomic E-state index is 11.7. The molecule has 0 aliphatic rings. The molecule has 0 aliphatic heterocycles. The first kappa shape index (κ1) is 10.8. The van der Waals surface area contributed by atoms with Gasteiger partial charge in [-0.25, -0.2) is 0 Å². The molecule has 2 heterocycles. The third-order valence-corrected chi connectivity index (χ3v) is 2.32. The maximum absolute atomic E-state index is 11.7. The first-order chi connectivity index (χ1) is 7.75. The molecule has 2 aromatic rings. The number of amides is 1. The summed E-state index contributed by atoms with van der Waals surface area (Å²) < 4.78 is 0.816. The molecule has 1 N–H and O–H groups in total. The summed E-state index contributed by atoms with van der Waals surface area (Å²) in [6.07, 6.45) is 6.37. The molecule has 0 aliphatic carbocycles. The molecular weight excluding hydrogens is 270 g/mol. The second-order valence-electron chi connectivity index (χ2n) is 3.09. The van der Waals surface area contributed by atoms with Crippen LogP contribution in [0.5, 0.6) is 0 Å². The fourth-order valence-electron chi connectivity index (χ4n) is 1.18. The molecule has 0 saturated carbocycles. The fourth-order valence-corrected chi connectivity index (χ4v) is 1.55. The normalized spacial score (nSPS) is 9.81.